The number of ketones is 1. The Kier molecular flexibility index (Phi) is 2.19. The van der Waals surface area contributed by atoms with E-state index in [2.05, 4.69) is 0 Å². The predicted octanol–water partition coefficient (Wildman–Crippen LogP) is 0.296. The number of Topliss-reactive ketones (excluding diaryl/α,β-unsaturated/α-hetero) is 1. The van der Waals surface area contributed by atoms with Crippen molar-refractivity contribution in [2.45, 2.75) is 13.8 Å². The highest BCUT2D eigenvalue weighted by Gasteiger charge is 2.14. The van der Waals surface area contributed by atoms with Crippen molar-refractivity contribution in [2.24, 2.45) is 5.92 Å². The number of hydrogen-bond donors (Lipinski definition) is 1. The maximum absolute atomic E-state index is 10.2. The molecule has 0 atom stereocenters. The predicted molar refractivity (Wildman–Crippen MR) is 27.5 cm³/mol. The van der Waals surface area contributed by atoms with Gasteiger partial charge < -0.3 is 5.11 Å². The molecule has 0 bridgehead atoms. The van der Waals surface area contributed by atoms with E-state index in [0.717, 1.165) is 0 Å². The van der Waals surface area contributed by atoms with Crippen molar-refractivity contribution in [3.8, 4) is 0 Å². The minimum Gasteiger partial charge on any atom is -0.475 e. The van der Waals surface area contributed by atoms with Crippen LogP contribution >= 0.6 is 0 Å². The van der Waals surface area contributed by atoms with E-state index in [4.69, 9.17) is 5.11 Å². The summed E-state index contributed by atoms with van der Waals surface area (Å²) in [5.41, 5.74) is 0. The Labute approximate surface area is 47.3 Å². The van der Waals surface area contributed by atoms with Crippen molar-refractivity contribution < 1.29 is 14.7 Å². The Hall–Kier alpha value is -0.860. The van der Waals surface area contributed by atoms with E-state index in [1.165, 1.54) is 0 Å². The smallest absolute Gasteiger partial charge is 0.372 e. The molecule has 0 aliphatic rings. The van der Waals surface area contributed by atoms with Crippen LogP contribution in [0, 0.1) is 5.92 Å². The van der Waals surface area contributed by atoms with Crippen LogP contribution in [0.25, 0.3) is 0 Å². The Morgan fingerprint density at radius 2 is 1.75 bits per heavy atom. The average Bonchev–Trinajstić information content (AvgIpc) is 1.64. The van der Waals surface area contributed by atoms with Gasteiger partial charge in [0.2, 0.25) is 5.78 Å². The number of rotatable bonds is 2. The molecular weight excluding hydrogens is 108 g/mol. The van der Waals surface area contributed by atoms with Gasteiger partial charge in [-0.25, -0.2) is 4.79 Å². The zero-order chi connectivity index (χ0) is 6.73. The summed E-state index contributed by atoms with van der Waals surface area (Å²) in [6.07, 6.45) is 0. The zero-order valence-corrected chi connectivity index (χ0v) is 4.84. The number of carboxylic acid groups (broad SMARTS) is 1. The lowest BCUT2D eigenvalue weighted by Gasteiger charge is -1.93. The van der Waals surface area contributed by atoms with E-state index in [9.17, 15) is 9.59 Å². The number of hydrogen-bond acceptors (Lipinski definition) is 2. The van der Waals surface area contributed by atoms with Crippen LogP contribution in [0.4, 0.5) is 0 Å². The number of aliphatic carboxylic acids is 1. The molecule has 0 radical (unpaired) electrons. The largest absolute Gasteiger partial charge is 0.475 e. The van der Waals surface area contributed by atoms with Crippen molar-refractivity contribution in [3.05, 3.63) is 0 Å². The van der Waals surface area contributed by atoms with Crippen LogP contribution in [0.3, 0.4) is 0 Å². The highest BCUT2D eigenvalue weighted by Crippen LogP contribution is 1.92. The molecule has 0 rings (SSSR count). The number of carbonyl (C=O) groups excluding carboxylic acids is 1. The standard InChI is InChI=1S/C5H8O3/c1-3(2)4(6)5(7)8/h3H,1-2H3,(H,7,8). The number of carbonyl (C=O) groups is 2. The molecule has 0 aliphatic carbocycles. The van der Waals surface area contributed by atoms with Gasteiger partial charge in [-0.1, -0.05) is 13.8 Å². The van der Waals surface area contributed by atoms with Crippen LogP contribution in [0.2, 0.25) is 0 Å². The first-order valence-corrected chi connectivity index (χ1v) is 2.33. The lowest BCUT2D eigenvalue weighted by atomic mass is 10.1. The molecule has 0 saturated carbocycles. The maximum atomic E-state index is 10.2. The molecule has 1 N–H and O–H groups in total. The second-order valence-electron chi connectivity index (χ2n) is 1.82. The quantitative estimate of drug-likeness (QED) is 0.528. The van der Waals surface area contributed by atoms with E-state index in [0.29, 0.717) is 0 Å². The van der Waals surface area contributed by atoms with Gasteiger partial charge in [-0.05, 0) is 0 Å². The monoisotopic (exact) mass is 116 g/mol. The SMILES string of the molecule is CC(C)C(=O)C(=O)O. The van der Waals surface area contributed by atoms with Crippen molar-refractivity contribution in [2.75, 3.05) is 0 Å². The third-order valence-corrected chi connectivity index (χ3v) is 0.735. The molecule has 0 aromatic heterocycles. The third-order valence-electron chi connectivity index (χ3n) is 0.735. The van der Waals surface area contributed by atoms with Gasteiger partial charge in [0.1, 0.15) is 0 Å². The van der Waals surface area contributed by atoms with Gasteiger partial charge in [0.25, 0.3) is 0 Å². The summed E-state index contributed by atoms with van der Waals surface area (Å²) in [4.78, 5) is 20.0. The summed E-state index contributed by atoms with van der Waals surface area (Å²) in [5, 5.41) is 8.00. The second-order valence-corrected chi connectivity index (χ2v) is 1.82. The Morgan fingerprint density at radius 3 is 1.75 bits per heavy atom. The molecule has 0 fully saturated rings. The summed E-state index contributed by atoms with van der Waals surface area (Å²) in [5.74, 6) is -2.47. The first-order chi connectivity index (χ1) is 3.55. The van der Waals surface area contributed by atoms with E-state index < -0.39 is 17.7 Å². The minimum atomic E-state index is -1.35. The molecule has 0 spiro atoms. The fourth-order valence-electron chi connectivity index (χ4n) is 0.247. The first-order valence-electron chi connectivity index (χ1n) is 2.33. The Balaban J connectivity index is 3.84. The van der Waals surface area contributed by atoms with Crippen LogP contribution in [0.1, 0.15) is 13.8 Å². The second kappa shape index (κ2) is 2.45. The first kappa shape index (κ1) is 7.14. The van der Waals surface area contributed by atoms with Crippen LogP contribution in [-0.4, -0.2) is 16.9 Å². The van der Waals surface area contributed by atoms with Gasteiger partial charge in [-0.15, -0.1) is 0 Å². The highest BCUT2D eigenvalue weighted by molar-refractivity contribution is 6.33. The summed E-state index contributed by atoms with van der Waals surface area (Å²) in [7, 11) is 0. The van der Waals surface area contributed by atoms with Gasteiger partial charge in [-0.3, -0.25) is 4.79 Å². The normalized spacial score (nSPS) is 9.38. The van der Waals surface area contributed by atoms with Crippen molar-refractivity contribution in [1.29, 1.82) is 0 Å². The van der Waals surface area contributed by atoms with Crippen molar-refractivity contribution in [1.82, 2.24) is 0 Å². The third kappa shape index (κ3) is 1.73. The topological polar surface area (TPSA) is 54.4 Å². The minimum absolute atomic E-state index is 0.396. The molecule has 8 heavy (non-hydrogen) atoms. The van der Waals surface area contributed by atoms with Gasteiger partial charge >= 0.3 is 5.97 Å². The Morgan fingerprint density at radius 1 is 1.38 bits per heavy atom. The van der Waals surface area contributed by atoms with Crippen molar-refractivity contribution in [3.63, 3.8) is 0 Å². The van der Waals surface area contributed by atoms with Gasteiger partial charge in [0, 0.05) is 5.92 Å². The van der Waals surface area contributed by atoms with Crippen LogP contribution in [0.15, 0.2) is 0 Å². The lowest BCUT2D eigenvalue weighted by Crippen LogP contribution is -2.18. The Bertz CT molecular complexity index is 115. The van der Waals surface area contributed by atoms with E-state index >= 15 is 0 Å². The molecule has 0 aliphatic heterocycles. The highest BCUT2D eigenvalue weighted by atomic mass is 16.4. The molecular formula is C5H8O3. The molecule has 3 nitrogen and oxygen atoms in total. The lowest BCUT2D eigenvalue weighted by molar-refractivity contribution is -0.150. The summed E-state index contributed by atoms with van der Waals surface area (Å²) in [6, 6.07) is 0. The molecule has 0 unspecified atom stereocenters. The summed E-state index contributed by atoms with van der Waals surface area (Å²) >= 11 is 0. The summed E-state index contributed by atoms with van der Waals surface area (Å²) in [6.45, 7) is 3.10. The molecule has 0 saturated heterocycles. The molecule has 3 heteroatoms. The van der Waals surface area contributed by atoms with Crippen LogP contribution in [0.5, 0.6) is 0 Å². The molecule has 0 aromatic carbocycles. The molecule has 0 amide bonds. The van der Waals surface area contributed by atoms with E-state index in [1.807, 2.05) is 0 Å². The molecule has 46 valence electrons. The number of carboxylic acids is 1. The maximum Gasteiger partial charge on any atom is 0.372 e. The van der Waals surface area contributed by atoms with E-state index in [-0.39, 0.29) is 0 Å². The summed E-state index contributed by atoms with van der Waals surface area (Å²) < 4.78 is 0. The van der Waals surface area contributed by atoms with Crippen LogP contribution < -0.4 is 0 Å². The van der Waals surface area contributed by atoms with Gasteiger partial charge in [-0.2, -0.15) is 0 Å². The van der Waals surface area contributed by atoms with E-state index in [1.54, 1.807) is 13.8 Å². The molecule has 0 aromatic rings. The van der Waals surface area contributed by atoms with Crippen molar-refractivity contribution >= 4 is 11.8 Å². The van der Waals surface area contributed by atoms with Crippen LogP contribution in [-0.2, 0) is 9.59 Å². The molecule has 0 heterocycles. The van der Waals surface area contributed by atoms with Gasteiger partial charge in [0.15, 0.2) is 0 Å². The fourth-order valence-corrected chi connectivity index (χ4v) is 0.247. The zero-order valence-electron chi connectivity index (χ0n) is 4.84. The average molecular weight is 116 g/mol. The fraction of sp³-hybridized carbons (Fsp3) is 0.600. The van der Waals surface area contributed by atoms with Gasteiger partial charge in [0.05, 0.1) is 0 Å².